The van der Waals surface area contributed by atoms with Crippen molar-refractivity contribution in [1.82, 2.24) is 16.0 Å². The van der Waals surface area contributed by atoms with Gasteiger partial charge in [0.2, 0.25) is 11.8 Å². The van der Waals surface area contributed by atoms with Crippen molar-refractivity contribution in [3.05, 3.63) is 108 Å². The molecule has 3 atom stereocenters. The number of esters is 1. The average molecular weight is 588 g/mol. The summed E-state index contributed by atoms with van der Waals surface area (Å²) in [6, 6.07) is 25.7. The third-order valence-electron chi connectivity index (χ3n) is 6.75. The maximum Gasteiger partial charge on any atom is 0.408 e. The van der Waals surface area contributed by atoms with E-state index in [-0.39, 0.29) is 6.61 Å². The Hall–Kier alpha value is -4.66. The number of hydrogen-bond acceptors (Lipinski definition) is 6. The Kier molecular flexibility index (Phi) is 11.1. The van der Waals surface area contributed by atoms with Gasteiger partial charge in [-0.1, -0.05) is 91.0 Å². The number of carbonyl (C=O) groups excluding carboxylic acids is 4. The first-order valence-corrected chi connectivity index (χ1v) is 14.2. The van der Waals surface area contributed by atoms with E-state index in [1.807, 2.05) is 91.0 Å². The summed E-state index contributed by atoms with van der Waals surface area (Å²) < 4.78 is 10.7. The Balaban J connectivity index is 1.90. The molecule has 228 valence electrons. The van der Waals surface area contributed by atoms with Gasteiger partial charge in [-0.2, -0.15) is 0 Å². The minimum atomic E-state index is -1.61. The Morgan fingerprint density at radius 1 is 0.698 bits per heavy atom. The molecule has 0 spiro atoms. The Morgan fingerprint density at radius 3 is 1.67 bits per heavy atom. The molecule has 0 fully saturated rings. The van der Waals surface area contributed by atoms with E-state index in [4.69, 9.17) is 9.47 Å². The van der Waals surface area contributed by atoms with Crippen molar-refractivity contribution in [2.45, 2.75) is 77.3 Å². The molecule has 3 aromatic rings. The van der Waals surface area contributed by atoms with Crippen LogP contribution in [0, 0.1) is 0 Å². The summed E-state index contributed by atoms with van der Waals surface area (Å²) in [4.78, 5) is 53.0. The zero-order valence-electron chi connectivity index (χ0n) is 25.5. The third kappa shape index (κ3) is 9.43. The van der Waals surface area contributed by atoms with Crippen molar-refractivity contribution in [2.24, 2.45) is 0 Å². The lowest BCUT2D eigenvalue weighted by molar-refractivity contribution is -0.158. The van der Waals surface area contributed by atoms with E-state index in [0.29, 0.717) is 0 Å². The quantitative estimate of drug-likeness (QED) is 0.276. The lowest BCUT2D eigenvalue weighted by atomic mass is 9.75. The molecule has 3 rings (SSSR count). The number of rotatable bonds is 11. The smallest absolute Gasteiger partial charge is 0.408 e. The van der Waals surface area contributed by atoms with Gasteiger partial charge in [-0.25, -0.2) is 9.59 Å². The molecular weight excluding hydrogens is 546 g/mol. The minimum absolute atomic E-state index is 0.0355. The van der Waals surface area contributed by atoms with Crippen LogP contribution < -0.4 is 16.0 Å². The van der Waals surface area contributed by atoms with E-state index in [9.17, 15) is 19.2 Å². The largest absolute Gasteiger partial charge is 0.458 e. The summed E-state index contributed by atoms with van der Waals surface area (Å²) in [5.74, 6) is -2.49. The van der Waals surface area contributed by atoms with Crippen molar-refractivity contribution in [1.29, 1.82) is 0 Å². The van der Waals surface area contributed by atoms with Crippen molar-refractivity contribution in [2.75, 3.05) is 0 Å². The molecule has 0 bridgehead atoms. The number of carbonyl (C=O) groups is 4. The first-order valence-electron chi connectivity index (χ1n) is 14.2. The summed E-state index contributed by atoms with van der Waals surface area (Å²) in [7, 11) is 0. The van der Waals surface area contributed by atoms with E-state index < -0.39 is 53.0 Å². The van der Waals surface area contributed by atoms with Gasteiger partial charge in [0.15, 0.2) is 0 Å². The molecule has 9 nitrogen and oxygen atoms in total. The Labute approximate surface area is 253 Å². The van der Waals surface area contributed by atoms with Gasteiger partial charge in [-0.15, -0.1) is 0 Å². The predicted molar refractivity (Wildman–Crippen MR) is 164 cm³/mol. The van der Waals surface area contributed by atoms with Crippen molar-refractivity contribution in [3.63, 3.8) is 0 Å². The van der Waals surface area contributed by atoms with Crippen LogP contribution in [0.1, 0.15) is 64.2 Å². The fourth-order valence-corrected chi connectivity index (χ4v) is 4.58. The fraction of sp³-hybridized carbons (Fsp3) is 0.353. The molecule has 0 aliphatic carbocycles. The van der Waals surface area contributed by atoms with E-state index >= 15 is 0 Å². The van der Waals surface area contributed by atoms with Gasteiger partial charge in [0.25, 0.3) is 0 Å². The molecule has 43 heavy (non-hydrogen) atoms. The number of alkyl carbamates (subject to hydrolysis) is 1. The molecule has 0 saturated heterocycles. The molecule has 3 amide bonds. The summed E-state index contributed by atoms with van der Waals surface area (Å²) in [5.41, 5.74) is -0.0361. The van der Waals surface area contributed by atoms with Crippen LogP contribution >= 0.6 is 0 Å². The summed E-state index contributed by atoms with van der Waals surface area (Å²) >= 11 is 0. The van der Waals surface area contributed by atoms with Crippen molar-refractivity contribution < 1.29 is 28.7 Å². The van der Waals surface area contributed by atoms with Crippen LogP contribution in [0.25, 0.3) is 0 Å². The molecule has 9 heteroatoms. The molecule has 0 heterocycles. The van der Waals surface area contributed by atoms with Gasteiger partial charge in [0.1, 0.15) is 29.8 Å². The van der Waals surface area contributed by atoms with Crippen LogP contribution in [0.15, 0.2) is 91.0 Å². The zero-order valence-corrected chi connectivity index (χ0v) is 25.5. The van der Waals surface area contributed by atoms with Crippen LogP contribution in [0.2, 0.25) is 0 Å². The zero-order chi connectivity index (χ0) is 31.6. The minimum Gasteiger partial charge on any atom is -0.458 e. The normalized spacial score (nSPS) is 14.0. The second-order valence-electron chi connectivity index (χ2n) is 11.6. The van der Waals surface area contributed by atoms with E-state index in [2.05, 4.69) is 16.0 Å². The summed E-state index contributed by atoms with van der Waals surface area (Å²) in [6.45, 7) is 9.89. The highest BCUT2D eigenvalue weighted by atomic mass is 16.6. The highest BCUT2D eigenvalue weighted by Crippen LogP contribution is 2.35. The first kappa shape index (κ1) is 32.8. The number of nitrogens with one attached hydrogen (secondary N) is 3. The molecule has 0 aliphatic heterocycles. The standard InChI is InChI=1S/C34H41N3O6/c1-23(36-32(41)42-22-25-16-10-7-11-17-25)29(38)37-34(6,31(40)35-24(2)30(39)43-33(3,4)5)28(26-18-12-8-13-19-26)27-20-14-9-15-21-27/h7-21,23-24,28H,22H2,1-6H3,(H,35,40)(H,36,41)(H,37,38)/t23-,24-,34+/m1/s1. The van der Waals surface area contributed by atoms with E-state index in [1.54, 1.807) is 27.7 Å². The van der Waals surface area contributed by atoms with Gasteiger partial charge in [0, 0.05) is 5.92 Å². The van der Waals surface area contributed by atoms with Crippen LogP contribution in [0.5, 0.6) is 0 Å². The van der Waals surface area contributed by atoms with Gasteiger partial charge >= 0.3 is 12.1 Å². The van der Waals surface area contributed by atoms with Gasteiger partial charge in [-0.05, 0) is 58.2 Å². The lowest BCUT2D eigenvalue weighted by Gasteiger charge is -2.39. The Bertz CT molecular complexity index is 1340. The summed E-state index contributed by atoms with van der Waals surface area (Å²) in [6.07, 6.45) is -0.779. The topological polar surface area (TPSA) is 123 Å². The van der Waals surface area contributed by atoms with E-state index in [0.717, 1.165) is 16.7 Å². The fourth-order valence-electron chi connectivity index (χ4n) is 4.58. The third-order valence-corrected chi connectivity index (χ3v) is 6.75. The van der Waals surface area contributed by atoms with Gasteiger partial charge in [-0.3, -0.25) is 9.59 Å². The molecule has 0 saturated carbocycles. The second-order valence-corrected chi connectivity index (χ2v) is 11.6. The van der Waals surface area contributed by atoms with Gasteiger partial charge < -0.3 is 25.4 Å². The molecule has 3 N–H and O–H groups in total. The molecule has 3 aromatic carbocycles. The molecule has 0 radical (unpaired) electrons. The lowest BCUT2D eigenvalue weighted by Crippen LogP contribution is -2.64. The molecular formula is C34H41N3O6. The average Bonchev–Trinajstić information content (AvgIpc) is 2.96. The maximum absolute atomic E-state index is 14.1. The van der Waals surface area contributed by atoms with Crippen LogP contribution in [-0.2, 0) is 30.5 Å². The SMILES string of the molecule is C[C@@H](NC(=O)OCc1ccccc1)C(=O)N[C@](C)(C(=O)N[C@H](C)C(=O)OC(C)(C)C)C(c1ccccc1)c1ccccc1. The highest BCUT2D eigenvalue weighted by molar-refractivity contribution is 5.96. The molecule has 0 aliphatic rings. The van der Waals surface area contributed by atoms with Crippen LogP contribution in [-0.4, -0.2) is 47.1 Å². The monoisotopic (exact) mass is 587 g/mol. The van der Waals surface area contributed by atoms with Crippen molar-refractivity contribution >= 4 is 23.9 Å². The van der Waals surface area contributed by atoms with Crippen molar-refractivity contribution in [3.8, 4) is 0 Å². The van der Waals surface area contributed by atoms with Crippen LogP contribution in [0.3, 0.4) is 0 Å². The first-order chi connectivity index (χ1) is 20.3. The van der Waals surface area contributed by atoms with Crippen LogP contribution in [0.4, 0.5) is 4.79 Å². The highest BCUT2D eigenvalue weighted by Gasteiger charge is 2.46. The number of ether oxygens (including phenoxy) is 2. The summed E-state index contributed by atoms with van der Waals surface area (Å²) in [5, 5.41) is 8.17. The second kappa shape index (κ2) is 14.5. The maximum atomic E-state index is 14.1. The number of amides is 3. The number of benzene rings is 3. The Morgan fingerprint density at radius 2 is 1.19 bits per heavy atom. The number of hydrogen-bond donors (Lipinski definition) is 3. The predicted octanol–water partition coefficient (Wildman–Crippen LogP) is 4.85. The van der Waals surface area contributed by atoms with Gasteiger partial charge in [0.05, 0.1) is 0 Å². The molecule has 0 unspecified atom stereocenters. The van der Waals surface area contributed by atoms with E-state index in [1.165, 1.54) is 13.8 Å². The molecule has 0 aromatic heterocycles.